The van der Waals surface area contributed by atoms with E-state index in [1.165, 1.54) is 30.5 Å². The van der Waals surface area contributed by atoms with Crippen molar-refractivity contribution >= 4 is 22.3 Å². The van der Waals surface area contributed by atoms with Crippen LogP contribution in [0.2, 0.25) is 0 Å². The number of anilines is 2. The molecule has 0 atom stereocenters. The molecule has 0 saturated carbocycles. The van der Waals surface area contributed by atoms with Gasteiger partial charge in [0.15, 0.2) is 5.13 Å². The Kier molecular flexibility index (Phi) is 5.65. The minimum absolute atomic E-state index is 0.539. The summed E-state index contributed by atoms with van der Waals surface area (Å²) in [5.41, 5.74) is 5.96. The van der Waals surface area contributed by atoms with Gasteiger partial charge in [0.2, 0.25) is 5.88 Å². The number of methoxy groups -OCH3 is 1. The summed E-state index contributed by atoms with van der Waals surface area (Å²) in [6.07, 6.45) is 9.55. The SMILES string of the molecule is CCn1nc2c(c1Nc1nc(-c3ccc(-n4cnc(C)c4)c(OC)n3)cs1)CCCCC2. The van der Waals surface area contributed by atoms with Crippen LogP contribution in [-0.4, -0.2) is 36.4 Å². The lowest BCUT2D eigenvalue weighted by atomic mass is 10.1. The molecule has 1 N–H and O–H groups in total. The van der Waals surface area contributed by atoms with E-state index < -0.39 is 0 Å². The maximum absolute atomic E-state index is 5.56. The molecular formula is C23H27N7OS. The molecule has 0 bridgehead atoms. The molecule has 4 heterocycles. The van der Waals surface area contributed by atoms with Gasteiger partial charge in [0.25, 0.3) is 0 Å². The number of nitrogens with zero attached hydrogens (tertiary/aromatic N) is 6. The predicted octanol–water partition coefficient (Wildman–Crippen LogP) is 4.94. The summed E-state index contributed by atoms with van der Waals surface area (Å²) in [5, 5.41) is 11.3. The van der Waals surface area contributed by atoms with E-state index in [2.05, 4.69) is 21.9 Å². The highest BCUT2D eigenvalue weighted by Crippen LogP contribution is 2.33. The third kappa shape index (κ3) is 3.88. The van der Waals surface area contributed by atoms with Gasteiger partial charge in [0, 0.05) is 23.7 Å². The molecular weight excluding hydrogens is 422 g/mol. The molecule has 4 aromatic rings. The number of fused-ring (bicyclic) bond motifs is 1. The lowest BCUT2D eigenvalue weighted by Gasteiger charge is -2.09. The zero-order valence-electron chi connectivity index (χ0n) is 18.6. The summed E-state index contributed by atoms with van der Waals surface area (Å²) < 4.78 is 9.54. The van der Waals surface area contributed by atoms with Crippen LogP contribution >= 0.6 is 11.3 Å². The molecule has 5 rings (SSSR count). The highest BCUT2D eigenvalue weighted by Gasteiger charge is 2.20. The van der Waals surface area contributed by atoms with Gasteiger partial charge in [-0.2, -0.15) is 5.10 Å². The van der Waals surface area contributed by atoms with Crippen LogP contribution in [0, 0.1) is 6.92 Å². The second-order valence-corrected chi connectivity index (χ2v) is 8.82. The van der Waals surface area contributed by atoms with E-state index in [1.54, 1.807) is 24.8 Å². The Hall–Kier alpha value is -3.20. The van der Waals surface area contributed by atoms with E-state index in [0.717, 1.165) is 53.1 Å². The zero-order chi connectivity index (χ0) is 22.1. The molecule has 0 spiro atoms. The Bertz CT molecular complexity index is 1240. The first-order chi connectivity index (χ1) is 15.7. The van der Waals surface area contributed by atoms with Crippen molar-refractivity contribution in [2.75, 3.05) is 12.4 Å². The van der Waals surface area contributed by atoms with Gasteiger partial charge < -0.3 is 14.6 Å². The average molecular weight is 450 g/mol. The standard InChI is InChI=1S/C23H27N7OS/c1-4-30-21(16-8-6-5-7-9-17(16)28-30)27-23-26-19(13-32-23)18-10-11-20(22(25-18)31-3)29-12-15(2)24-14-29/h10-14H,4-9H2,1-3H3,(H,26,27). The normalized spacial score (nSPS) is 13.6. The van der Waals surface area contributed by atoms with Crippen molar-refractivity contribution < 1.29 is 4.74 Å². The maximum Gasteiger partial charge on any atom is 0.238 e. The Morgan fingerprint density at radius 2 is 2.00 bits per heavy atom. The molecule has 0 unspecified atom stereocenters. The van der Waals surface area contributed by atoms with Gasteiger partial charge in [-0.3, -0.25) is 0 Å². The molecule has 1 aliphatic rings. The molecule has 4 aromatic heterocycles. The highest BCUT2D eigenvalue weighted by molar-refractivity contribution is 7.14. The summed E-state index contributed by atoms with van der Waals surface area (Å²) in [4.78, 5) is 13.8. The van der Waals surface area contributed by atoms with Crippen molar-refractivity contribution in [1.29, 1.82) is 0 Å². The Morgan fingerprint density at radius 3 is 2.78 bits per heavy atom. The first kappa shape index (κ1) is 20.7. The van der Waals surface area contributed by atoms with Crippen LogP contribution in [0.4, 0.5) is 10.9 Å². The molecule has 0 amide bonds. The molecule has 9 heteroatoms. The Balaban J connectivity index is 1.43. The molecule has 0 aromatic carbocycles. The van der Waals surface area contributed by atoms with Gasteiger partial charge in [-0.1, -0.05) is 6.42 Å². The second kappa shape index (κ2) is 8.74. The summed E-state index contributed by atoms with van der Waals surface area (Å²) >= 11 is 1.58. The summed E-state index contributed by atoms with van der Waals surface area (Å²) in [7, 11) is 1.63. The molecule has 8 nitrogen and oxygen atoms in total. The number of hydrogen-bond donors (Lipinski definition) is 1. The van der Waals surface area contributed by atoms with Gasteiger partial charge in [-0.15, -0.1) is 11.3 Å². The highest BCUT2D eigenvalue weighted by atomic mass is 32.1. The van der Waals surface area contributed by atoms with E-state index in [9.17, 15) is 0 Å². The fourth-order valence-electron chi connectivity index (χ4n) is 4.18. The summed E-state index contributed by atoms with van der Waals surface area (Å²) in [5.74, 6) is 1.62. The van der Waals surface area contributed by atoms with Crippen LogP contribution in [0.5, 0.6) is 5.88 Å². The van der Waals surface area contributed by atoms with Gasteiger partial charge in [-0.25, -0.2) is 19.6 Å². The lowest BCUT2D eigenvalue weighted by Crippen LogP contribution is -2.04. The van der Waals surface area contributed by atoms with Crippen molar-refractivity contribution in [1.82, 2.24) is 29.3 Å². The minimum Gasteiger partial charge on any atom is -0.479 e. The van der Waals surface area contributed by atoms with Crippen molar-refractivity contribution in [2.45, 2.75) is 52.5 Å². The number of hydrogen-bond acceptors (Lipinski definition) is 7. The first-order valence-corrected chi connectivity index (χ1v) is 11.9. The molecule has 32 heavy (non-hydrogen) atoms. The van der Waals surface area contributed by atoms with E-state index >= 15 is 0 Å². The molecule has 0 aliphatic heterocycles. The summed E-state index contributed by atoms with van der Waals surface area (Å²) in [6.45, 7) is 4.92. The van der Waals surface area contributed by atoms with Crippen LogP contribution < -0.4 is 10.1 Å². The maximum atomic E-state index is 5.56. The van der Waals surface area contributed by atoms with Gasteiger partial charge in [0.05, 0.1) is 30.5 Å². The monoisotopic (exact) mass is 449 g/mol. The van der Waals surface area contributed by atoms with Crippen LogP contribution in [0.3, 0.4) is 0 Å². The number of ether oxygens (including phenoxy) is 1. The zero-order valence-corrected chi connectivity index (χ0v) is 19.4. The van der Waals surface area contributed by atoms with Gasteiger partial charge in [0.1, 0.15) is 17.2 Å². The van der Waals surface area contributed by atoms with Crippen LogP contribution in [0.15, 0.2) is 30.0 Å². The molecule has 1 aliphatic carbocycles. The van der Waals surface area contributed by atoms with Crippen molar-refractivity contribution in [3.05, 3.63) is 47.0 Å². The minimum atomic E-state index is 0.539. The van der Waals surface area contributed by atoms with E-state index in [-0.39, 0.29) is 0 Å². The Labute approximate surface area is 191 Å². The first-order valence-electron chi connectivity index (χ1n) is 11.0. The van der Waals surface area contributed by atoms with Crippen LogP contribution in [-0.2, 0) is 19.4 Å². The topological polar surface area (TPSA) is 82.7 Å². The van der Waals surface area contributed by atoms with Gasteiger partial charge in [-0.05, 0) is 51.7 Å². The number of pyridine rings is 1. The fraction of sp³-hybridized carbons (Fsp3) is 0.391. The van der Waals surface area contributed by atoms with E-state index in [4.69, 9.17) is 19.8 Å². The van der Waals surface area contributed by atoms with Crippen LogP contribution in [0.25, 0.3) is 17.1 Å². The number of thiazole rings is 1. The number of nitrogens with one attached hydrogen (secondary N) is 1. The number of rotatable bonds is 6. The number of aromatic nitrogens is 6. The molecule has 0 radical (unpaired) electrons. The second-order valence-electron chi connectivity index (χ2n) is 7.96. The molecule has 0 saturated heterocycles. The predicted molar refractivity (Wildman–Crippen MR) is 126 cm³/mol. The smallest absolute Gasteiger partial charge is 0.238 e. The van der Waals surface area contributed by atoms with E-state index in [1.807, 2.05) is 35.2 Å². The van der Waals surface area contributed by atoms with Gasteiger partial charge >= 0.3 is 0 Å². The number of aryl methyl sites for hydroxylation is 3. The van der Waals surface area contributed by atoms with Crippen molar-refractivity contribution in [3.8, 4) is 23.0 Å². The Morgan fingerprint density at radius 1 is 1.12 bits per heavy atom. The lowest BCUT2D eigenvalue weighted by molar-refractivity contribution is 0.396. The quantitative estimate of drug-likeness (QED) is 0.420. The average Bonchev–Trinajstić information content (AvgIpc) is 3.49. The molecule has 166 valence electrons. The van der Waals surface area contributed by atoms with Crippen molar-refractivity contribution in [2.24, 2.45) is 0 Å². The third-order valence-corrected chi connectivity index (χ3v) is 6.55. The largest absolute Gasteiger partial charge is 0.479 e. The van der Waals surface area contributed by atoms with E-state index in [0.29, 0.717) is 5.88 Å². The van der Waals surface area contributed by atoms with Crippen molar-refractivity contribution in [3.63, 3.8) is 0 Å². The van der Waals surface area contributed by atoms with Crippen LogP contribution in [0.1, 0.15) is 43.1 Å². The molecule has 0 fully saturated rings. The fourth-order valence-corrected chi connectivity index (χ4v) is 4.88. The number of imidazole rings is 1. The summed E-state index contributed by atoms with van der Waals surface area (Å²) in [6, 6.07) is 3.95. The third-order valence-electron chi connectivity index (χ3n) is 5.79.